The minimum Gasteiger partial charge on any atom is -0.195 e. The van der Waals surface area contributed by atoms with Crippen molar-refractivity contribution < 1.29 is 8.42 Å². The Morgan fingerprint density at radius 3 is 2.00 bits per heavy atom. The maximum absolute atomic E-state index is 10.8. The number of rotatable bonds is 4. The van der Waals surface area contributed by atoms with E-state index in [-0.39, 0.29) is 0 Å². The van der Waals surface area contributed by atoms with E-state index in [0.717, 1.165) is 0 Å². The fourth-order valence-electron chi connectivity index (χ4n) is 0.780. The molecular formula is C6H14ClNO2S. The predicted octanol–water partition coefficient (Wildman–Crippen LogP) is 1.45. The van der Waals surface area contributed by atoms with Crippen LogP contribution in [0, 0.1) is 5.92 Å². The van der Waals surface area contributed by atoms with Crippen LogP contribution in [0.25, 0.3) is 0 Å². The van der Waals surface area contributed by atoms with E-state index in [4.69, 9.17) is 10.7 Å². The monoisotopic (exact) mass is 199 g/mol. The summed E-state index contributed by atoms with van der Waals surface area (Å²) in [7, 11) is 1.64. The minimum atomic E-state index is -3.50. The standard InChI is InChI=1S/C6H14ClNO2S/c1-4-8(5-6(2)3)11(7,9)10/h6H,4-5H2,1-3H3. The number of hydrogen-bond acceptors (Lipinski definition) is 2. The van der Waals surface area contributed by atoms with Gasteiger partial charge >= 0.3 is 0 Å². The Kier molecular flexibility index (Phi) is 4.36. The van der Waals surface area contributed by atoms with Crippen molar-refractivity contribution in [3.05, 3.63) is 0 Å². The normalized spacial score (nSPS) is 12.9. The molecule has 0 aromatic heterocycles. The van der Waals surface area contributed by atoms with Crippen LogP contribution < -0.4 is 0 Å². The van der Waals surface area contributed by atoms with Crippen molar-refractivity contribution in [2.24, 2.45) is 5.92 Å². The fourth-order valence-corrected chi connectivity index (χ4v) is 2.03. The van der Waals surface area contributed by atoms with Gasteiger partial charge < -0.3 is 0 Å². The van der Waals surface area contributed by atoms with Crippen LogP contribution in [-0.4, -0.2) is 25.8 Å². The van der Waals surface area contributed by atoms with Crippen molar-refractivity contribution in [2.75, 3.05) is 13.1 Å². The van der Waals surface area contributed by atoms with E-state index < -0.39 is 9.24 Å². The van der Waals surface area contributed by atoms with Crippen LogP contribution in [-0.2, 0) is 9.24 Å². The summed E-state index contributed by atoms with van der Waals surface area (Å²) in [6, 6.07) is 0. The molecule has 0 aromatic carbocycles. The summed E-state index contributed by atoms with van der Waals surface area (Å²) in [5.74, 6) is 0.309. The zero-order chi connectivity index (χ0) is 9.07. The Labute approximate surface area is 72.9 Å². The highest BCUT2D eigenvalue weighted by Crippen LogP contribution is 2.08. The van der Waals surface area contributed by atoms with Gasteiger partial charge in [-0.15, -0.1) is 0 Å². The zero-order valence-corrected chi connectivity index (χ0v) is 8.61. The summed E-state index contributed by atoms with van der Waals surface area (Å²) in [5, 5.41) is 0. The van der Waals surface area contributed by atoms with E-state index in [9.17, 15) is 8.42 Å². The smallest absolute Gasteiger partial charge is 0.195 e. The molecular weight excluding hydrogens is 186 g/mol. The summed E-state index contributed by atoms with van der Waals surface area (Å²) < 4.78 is 22.8. The summed E-state index contributed by atoms with van der Waals surface area (Å²) in [4.78, 5) is 0. The maximum Gasteiger partial charge on any atom is 0.299 e. The molecule has 68 valence electrons. The van der Waals surface area contributed by atoms with Crippen LogP contribution in [0.3, 0.4) is 0 Å². The molecule has 3 nitrogen and oxygen atoms in total. The lowest BCUT2D eigenvalue weighted by Gasteiger charge is -2.17. The molecule has 11 heavy (non-hydrogen) atoms. The van der Waals surface area contributed by atoms with Gasteiger partial charge in [-0.25, -0.2) is 0 Å². The van der Waals surface area contributed by atoms with Crippen LogP contribution in [0.1, 0.15) is 20.8 Å². The van der Waals surface area contributed by atoms with E-state index in [1.54, 1.807) is 6.92 Å². The summed E-state index contributed by atoms with van der Waals surface area (Å²) in [6.07, 6.45) is 0. The van der Waals surface area contributed by atoms with E-state index in [0.29, 0.717) is 19.0 Å². The second kappa shape index (κ2) is 4.28. The van der Waals surface area contributed by atoms with Crippen molar-refractivity contribution in [3.8, 4) is 0 Å². The average Bonchev–Trinajstić information content (AvgIpc) is 1.79. The molecule has 0 aliphatic rings. The Morgan fingerprint density at radius 1 is 1.45 bits per heavy atom. The molecule has 0 heterocycles. The first kappa shape index (κ1) is 11.2. The lowest BCUT2D eigenvalue weighted by atomic mass is 10.2. The molecule has 0 aliphatic carbocycles. The van der Waals surface area contributed by atoms with E-state index in [2.05, 4.69) is 0 Å². The largest absolute Gasteiger partial charge is 0.299 e. The van der Waals surface area contributed by atoms with E-state index >= 15 is 0 Å². The SMILES string of the molecule is CCN(CC(C)C)S(=O)(=O)Cl. The molecule has 5 heteroatoms. The lowest BCUT2D eigenvalue weighted by molar-refractivity contribution is 0.389. The van der Waals surface area contributed by atoms with Crippen molar-refractivity contribution in [1.82, 2.24) is 4.31 Å². The first-order valence-electron chi connectivity index (χ1n) is 3.57. The van der Waals surface area contributed by atoms with E-state index in [1.165, 1.54) is 4.31 Å². The highest BCUT2D eigenvalue weighted by molar-refractivity contribution is 8.11. The van der Waals surface area contributed by atoms with Gasteiger partial charge in [-0.3, -0.25) is 0 Å². The summed E-state index contributed by atoms with van der Waals surface area (Å²) >= 11 is 0. The Hall–Kier alpha value is 0.200. The van der Waals surface area contributed by atoms with Crippen molar-refractivity contribution >= 4 is 19.9 Å². The highest BCUT2D eigenvalue weighted by atomic mass is 35.7. The number of hydrogen-bond donors (Lipinski definition) is 0. The zero-order valence-electron chi connectivity index (χ0n) is 7.04. The molecule has 0 aliphatic heterocycles. The molecule has 0 amide bonds. The number of nitrogens with zero attached hydrogens (tertiary/aromatic N) is 1. The van der Waals surface area contributed by atoms with Crippen molar-refractivity contribution in [2.45, 2.75) is 20.8 Å². The average molecular weight is 200 g/mol. The molecule has 0 bridgehead atoms. The molecule has 0 rings (SSSR count). The van der Waals surface area contributed by atoms with Crippen LogP contribution in [0.5, 0.6) is 0 Å². The van der Waals surface area contributed by atoms with E-state index in [1.807, 2.05) is 13.8 Å². The van der Waals surface area contributed by atoms with Crippen LogP contribution in [0.2, 0.25) is 0 Å². The molecule has 0 spiro atoms. The maximum atomic E-state index is 10.8. The van der Waals surface area contributed by atoms with Crippen LogP contribution >= 0.6 is 10.7 Å². The summed E-state index contributed by atoms with van der Waals surface area (Å²) in [6.45, 7) is 6.59. The molecule has 0 atom stereocenters. The molecule has 0 saturated heterocycles. The second-order valence-corrected chi connectivity index (χ2v) is 5.30. The van der Waals surface area contributed by atoms with Crippen molar-refractivity contribution in [3.63, 3.8) is 0 Å². The fraction of sp³-hybridized carbons (Fsp3) is 1.00. The minimum absolute atomic E-state index is 0.309. The number of halogens is 1. The molecule has 0 fully saturated rings. The van der Waals surface area contributed by atoms with Crippen molar-refractivity contribution in [1.29, 1.82) is 0 Å². The van der Waals surface area contributed by atoms with Gasteiger partial charge in [-0.1, -0.05) is 20.8 Å². The molecule has 0 N–H and O–H groups in total. The third kappa shape index (κ3) is 4.61. The Balaban J connectivity index is 4.20. The predicted molar refractivity (Wildman–Crippen MR) is 46.9 cm³/mol. The first-order valence-corrected chi connectivity index (χ1v) is 5.84. The Morgan fingerprint density at radius 2 is 1.91 bits per heavy atom. The highest BCUT2D eigenvalue weighted by Gasteiger charge is 2.17. The third-order valence-corrected chi connectivity index (χ3v) is 2.84. The molecule has 0 unspecified atom stereocenters. The molecule has 0 saturated carbocycles. The summed E-state index contributed by atoms with van der Waals surface area (Å²) in [5.41, 5.74) is 0. The van der Waals surface area contributed by atoms with Gasteiger partial charge in [0, 0.05) is 23.8 Å². The van der Waals surface area contributed by atoms with Gasteiger partial charge in [0.2, 0.25) is 0 Å². The van der Waals surface area contributed by atoms with Gasteiger partial charge in [0.1, 0.15) is 0 Å². The first-order chi connectivity index (χ1) is 4.88. The van der Waals surface area contributed by atoms with Gasteiger partial charge in [0.15, 0.2) is 0 Å². The van der Waals surface area contributed by atoms with Gasteiger partial charge in [0.05, 0.1) is 0 Å². The molecule has 0 aromatic rings. The van der Waals surface area contributed by atoms with Crippen LogP contribution in [0.4, 0.5) is 0 Å². The van der Waals surface area contributed by atoms with Gasteiger partial charge in [0.25, 0.3) is 9.24 Å². The second-order valence-electron chi connectivity index (χ2n) is 2.79. The molecule has 0 radical (unpaired) electrons. The quantitative estimate of drug-likeness (QED) is 0.643. The lowest BCUT2D eigenvalue weighted by Crippen LogP contribution is -2.30. The van der Waals surface area contributed by atoms with Gasteiger partial charge in [-0.05, 0) is 5.92 Å². The van der Waals surface area contributed by atoms with Gasteiger partial charge in [-0.2, -0.15) is 12.7 Å². The topological polar surface area (TPSA) is 37.4 Å². The van der Waals surface area contributed by atoms with Crippen LogP contribution in [0.15, 0.2) is 0 Å². The Bertz CT molecular complexity index is 201. The third-order valence-electron chi connectivity index (χ3n) is 1.23.